The normalized spacial score (nSPS) is 15.1. The van der Waals surface area contributed by atoms with Crippen LogP contribution in [0.1, 0.15) is 25.3 Å². The van der Waals surface area contributed by atoms with E-state index in [0.29, 0.717) is 41.4 Å². The first-order valence-electron chi connectivity index (χ1n) is 11.2. The molecule has 36 heavy (non-hydrogen) atoms. The van der Waals surface area contributed by atoms with Crippen LogP contribution in [-0.4, -0.2) is 54.6 Å². The number of carbonyl (C=O) groups is 3. The number of esters is 1. The smallest absolute Gasteiger partial charge is 0.350 e. The molecule has 0 radical (unpaired) electrons. The van der Waals surface area contributed by atoms with Crippen molar-refractivity contribution in [1.29, 1.82) is 0 Å². The van der Waals surface area contributed by atoms with Crippen molar-refractivity contribution in [3.8, 4) is 0 Å². The molecule has 2 amide bonds. The third-order valence-corrected chi connectivity index (χ3v) is 7.48. The van der Waals surface area contributed by atoms with E-state index in [0.717, 1.165) is 4.90 Å². The summed E-state index contributed by atoms with van der Waals surface area (Å²) < 4.78 is 31.4. The van der Waals surface area contributed by atoms with Gasteiger partial charge in [0.15, 0.2) is 0 Å². The molecule has 3 rings (SSSR count). The summed E-state index contributed by atoms with van der Waals surface area (Å²) in [7, 11) is 0. The first-order valence-corrected chi connectivity index (χ1v) is 12.8. The molecule has 0 saturated carbocycles. The number of hydrogen-bond acceptors (Lipinski definition) is 5. The summed E-state index contributed by atoms with van der Waals surface area (Å²) in [5.41, 5.74) is 0.563. The lowest BCUT2D eigenvalue weighted by Crippen LogP contribution is -2.49. The Hall–Kier alpha value is -2.62. The Labute approximate surface area is 222 Å². The minimum atomic E-state index is -2.37. The number of hydrogen-bond donors (Lipinski definition) is 1. The molecule has 1 N–H and O–H groups in total. The molecular formula is C25H24Cl2F2N2O4S. The molecule has 2 aromatic rings. The van der Waals surface area contributed by atoms with Crippen LogP contribution in [0.3, 0.4) is 0 Å². The molecule has 11 heteroatoms. The highest BCUT2D eigenvalue weighted by Crippen LogP contribution is 2.39. The number of nitrogens with one attached hydrogen (secondary N) is 1. The molecule has 2 aromatic carbocycles. The van der Waals surface area contributed by atoms with Crippen LogP contribution in [0.15, 0.2) is 52.3 Å². The standard InChI is InChI=1S/C25H24Cl2F2N2O4S/c1-2-35-25(34)23(29)24(33)30-17-11-13-31(14-12-17)20(32)10-4-15-3-9-19(22(27)21(15)26)36-18-7-5-16(28)6-8-18/h3-10,17,23H,2,11-14H2,1H3,(H,30,33). The number of piperidine rings is 1. The van der Waals surface area contributed by atoms with E-state index >= 15 is 0 Å². The number of halogens is 4. The highest BCUT2D eigenvalue weighted by molar-refractivity contribution is 7.99. The summed E-state index contributed by atoms with van der Waals surface area (Å²) in [5, 5.41) is 3.10. The number of carbonyl (C=O) groups excluding carboxylic acids is 3. The average Bonchev–Trinajstić information content (AvgIpc) is 2.87. The van der Waals surface area contributed by atoms with E-state index in [-0.39, 0.29) is 29.4 Å². The maximum Gasteiger partial charge on any atom is 0.350 e. The Morgan fingerprint density at radius 1 is 1.14 bits per heavy atom. The summed E-state index contributed by atoms with van der Waals surface area (Å²) in [4.78, 5) is 39.0. The fourth-order valence-corrected chi connectivity index (χ4v) is 4.92. The Balaban J connectivity index is 1.53. The highest BCUT2D eigenvalue weighted by atomic mass is 35.5. The van der Waals surface area contributed by atoms with Crippen LogP contribution in [0.2, 0.25) is 10.0 Å². The van der Waals surface area contributed by atoms with Gasteiger partial charge in [0.25, 0.3) is 12.1 Å². The fraction of sp³-hybridized carbons (Fsp3) is 0.320. The van der Waals surface area contributed by atoms with Crippen LogP contribution in [0.25, 0.3) is 6.08 Å². The van der Waals surface area contributed by atoms with Crippen LogP contribution in [-0.2, 0) is 19.1 Å². The largest absolute Gasteiger partial charge is 0.463 e. The van der Waals surface area contributed by atoms with Gasteiger partial charge in [-0.05, 0) is 61.7 Å². The van der Waals surface area contributed by atoms with E-state index in [1.165, 1.54) is 36.9 Å². The molecule has 192 valence electrons. The molecule has 1 saturated heterocycles. The van der Waals surface area contributed by atoms with Crippen molar-refractivity contribution >= 4 is 58.8 Å². The van der Waals surface area contributed by atoms with Gasteiger partial charge in [0.1, 0.15) is 5.82 Å². The number of ether oxygens (including phenoxy) is 1. The Morgan fingerprint density at radius 3 is 2.44 bits per heavy atom. The molecule has 1 heterocycles. The molecular weight excluding hydrogens is 533 g/mol. The monoisotopic (exact) mass is 556 g/mol. The lowest BCUT2D eigenvalue weighted by atomic mass is 10.0. The summed E-state index contributed by atoms with van der Waals surface area (Å²) in [6.07, 6.45) is 1.43. The van der Waals surface area contributed by atoms with Crippen molar-refractivity contribution in [1.82, 2.24) is 10.2 Å². The number of alkyl halides is 1. The molecule has 1 unspecified atom stereocenters. The summed E-state index contributed by atoms with van der Waals surface area (Å²) >= 11 is 14.2. The van der Waals surface area contributed by atoms with Gasteiger partial charge in [-0.25, -0.2) is 13.6 Å². The number of benzene rings is 2. The van der Waals surface area contributed by atoms with Crippen LogP contribution < -0.4 is 5.32 Å². The molecule has 1 atom stereocenters. The first kappa shape index (κ1) is 28.0. The minimum Gasteiger partial charge on any atom is -0.463 e. The van der Waals surface area contributed by atoms with Gasteiger partial charge in [-0.2, -0.15) is 0 Å². The van der Waals surface area contributed by atoms with Gasteiger partial charge in [-0.3, -0.25) is 9.59 Å². The van der Waals surface area contributed by atoms with Crippen molar-refractivity contribution in [2.45, 2.75) is 41.8 Å². The van der Waals surface area contributed by atoms with Crippen LogP contribution in [0.4, 0.5) is 8.78 Å². The van der Waals surface area contributed by atoms with Crippen LogP contribution in [0, 0.1) is 5.82 Å². The second kappa shape index (κ2) is 13.1. The lowest BCUT2D eigenvalue weighted by molar-refractivity contribution is -0.153. The third-order valence-electron chi connectivity index (χ3n) is 5.40. The highest BCUT2D eigenvalue weighted by Gasteiger charge is 2.30. The molecule has 1 fully saturated rings. The predicted octanol–water partition coefficient (Wildman–Crippen LogP) is 5.31. The van der Waals surface area contributed by atoms with E-state index in [9.17, 15) is 23.2 Å². The van der Waals surface area contributed by atoms with Gasteiger partial charge in [-0.1, -0.05) is 41.0 Å². The maximum atomic E-state index is 13.8. The number of nitrogens with zero attached hydrogens (tertiary/aromatic N) is 1. The SMILES string of the molecule is CCOC(=O)C(F)C(=O)NC1CCN(C(=O)C=Cc2ccc(Sc3ccc(F)cc3)c(Cl)c2Cl)CC1. The van der Waals surface area contributed by atoms with Crippen molar-refractivity contribution in [3.05, 3.63) is 63.9 Å². The van der Waals surface area contributed by atoms with E-state index in [1.807, 2.05) is 0 Å². The van der Waals surface area contributed by atoms with Gasteiger partial charge in [0.2, 0.25) is 5.91 Å². The summed E-state index contributed by atoms with van der Waals surface area (Å²) in [6.45, 7) is 2.21. The topological polar surface area (TPSA) is 75.7 Å². The Kier molecular flexibility index (Phi) is 10.2. The fourth-order valence-electron chi connectivity index (χ4n) is 3.49. The quantitative estimate of drug-likeness (QED) is 0.271. The predicted molar refractivity (Wildman–Crippen MR) is 135 cm³/mol. The molecule has 0 bridgehead atoms. The second-order valence-electron chi connectivity index (χ2n) is 7.89. The van der Waals surface area contributed by atoms with Crippen molar-refractivity contribution in [2.75, 3.05) is 19.7 Å². The zero-order chi connectivity index (χ0) is 26.2. The molecule has 1 aliphatic heterocycles. The second-order valence-corrected chi connectivity index (χ2v) is 9.76. The van der Waals surface area contributed by atoms with Crippen molar-refractivity contribution in [2.24, 2.45) is 0 Å². The van der Waals surface area contributed by atoms with Crippen LogP contribution >= 0.6 is 35.0 Å². The maximum absolute atomic E-state index is 13.8. The first-order chi connectivity index (χ1) is 17.2. The van der Waals surface area contributed by atoms with E-state index in [2.05, 4.69) is 10.1 Å². The Morgan fingerprint density at radius 2 is 1.81 bits per heavy atom. The minimum absolute atomic E-state index is 0.0168. The van der Waals surface area contributed by atoms with E-state index in [4.69, 9.17) is 23.2 Å². The third kappa shape index (κ3) is 7.44. The number of likely N-dealkylation sites (tertiary alicyclic amines) is 1. The van der Waals surface area contributed by atoms with Gasteiger partial charge in [-0.15, -0.1) is 0 Å². The molecule has 1 aliphatic rings. The number of amides is 2. The van der Waals surface area contributed by atoms with Gasteiger partial charge >= 0.3 is 5.97 Å². The zero-order valence-corrected chi connectivity index (χ0v) is 21.6. The molecule has 6 nitrogen and oxygen atoms in total. The lowest BCUT2D eigenvalue weighted by Gasteiger charge is -2.31. The average molecular weight is 557 g/mol. The van der Waals surface area contributed by atoms with Gasteiger partial charge in [0.05, 0.1) is 16.7 Å². The Bertz CT molecular complexity index is 1140. The van der Waals surface area contributed by atoms with E-state index in [1.54, 1.807) is 35.2 Å². The van der Waals surface area contributed by atoms with E-state index < -0.39 is 18.0 Å². The molecule has 0 spiro atoms. The molecule has 0 aromatic heterocycles. The van der Waals surface area contributed by atoms with Gasteiger partial charge < -0.3 is 15.0 Å². The van der Waals surface area contributed by atoms with Crippen molar-refractivity contribution in [3.63, 3.8) is 0 Å². The summed E-state index contributed by atoms with van der Waals surface area (Å²) in [6, 6.07) is 9.16. The number of rotatable bonds is 8. The molecule has 0 aliphatic carbocycles. The van der Waals surface area contributed by atoms with Crippen molar-refractivity contribution < 1.29 is 27.9 Å². The zero-order valence-electron chi connectivity index (χ0n) is 19.3. The van der Waals surface area contributed by atoms with Gasteiger partial charge in [0, 0.05) is 35.0 Å². The van der Waals surface area contributed by atoms with Crippen LogP contribution in [0.5, 0.6) is 0 Å². The summed E-state index contributed by atoms with van der Waals surface area (Å²) in [5.74, 6) is -2.82.